The maximum absolute atomic E-state index is 12.2. The van der Waals surface area contributed by atoms with Crippen molar-refractivity contribution in [2.75, 3.05) is 6.54 Å². The molecule has 0 heterocycles. The maximum Gasteiger partial charge on any atom is 0.251 e. The van der Waals surface area contributed by atoms with E-state index in [1.807, 2.05) is 32.0 Å². The van der Waals surface area contributed by atoms with Gasteiger partial charge in [0.15, 0.2) is 0 Å². The van der Waals surface area contributed by atoms with Gasteiger partial charge in [0.25, 0.3) is 5.91 Å². The molecule has 0 saturated heterocycles. The van der Waals surface area contributed by atoms with Gasteiger partial charge in [-0.1, -0.05) is 24.6 Å². The number of amides is 1. The van der Waals surface area contributed by atoms with E-state index in [1.165, 1.54) is 0 Å². The third-order valence-corrected chi connectivity index (χ3v) is 4.42. The van der Waals surface area contributed by atoms with Gasteiger partial charge in [0.1, 0.15) is 0 Å². The minimum Gasteiger partial charge on any atom is -0.388 e. The van der Waals surface area contributed by atoms with Crippen molar-refractivity contribution in [2.45, 2.75) is 52.1 Å². The van der Waals surface area contributed by atoms with Crippen LogP contribution in [0.2, 0.25) is 0 Å². The number of aliphatic hydroxyl groups is 1. The highest BCUT2D eigenvalue weighted by molar-refractivity contribution is 5.95. The molecule has 0 atom stereocenters. The molecule has 110 valence electrons. The summed E-state index contributed by atoms with van der Waals surface area (Å²) in [6, 6.07) is 5.86. The average molecular weight is 275 g/mol. The van der Waals surface area contributed by atoms with Gasteiger partial charge in [-0.3, -0.25) is 4.79 Å². The standard InChI is InChI=1S/C17H25NO2/c1-12-6-8-17(20,9-7-12)11-18-16(19)15-10-13(2)4-5-14(15)3/h4-5,10,12,20H,6-9,11H2,1-3H3,(H,18,19). The first-order valence-corrected chi connectivity index (χ1v) is 7.47. The van der Waals surface area contributed by atoms with Crippen LogP contribution in [0.1, 0.15) is 54.1 Å². The van der Waals surface area contributed by atoms with Crippen molar-refractivity contribution in [3.8, 4) is 0 Å². The Morgan fingerprint density at radius 1 is 1.35 bits per heavy atom. The second-order valence-electron chi connectivity index (χ2n) is 6.41. The van der Waals surface area contributed by atoms with Crippen molar-refractivity contribution in [1.82, 2.24) is 5.32 Å². The molecule has 0 bridgehead atoms. The number of nitrogens with one attached hydrogen (secondary N) is 1. The first-order chi connectivity index (χ1) is 9.39. The van der Waals surface area contributed by atoms with Gasteiger partial charge < -0.3 is 10.4 Å². The normalized spacial score (nSPS) is 26.3. The highest BCUT2D eigenvalue weighted by Gasteiger charge is 2.32. The fourth-order valence-corrected chi connectivity index (χ4v) is 2.80. The summed E-state index contributed by atoms with van der Waals surface area (Å²) in [5.74, 6) is 0.600. The van der Waals surface area contributed by atoms with Crippen molar-refractivity contribution in [2.24, 2.45) is 5.92 Å². The number of hydrogen-bond acceptors (Lipinski definition) is 2. The third kappa shape index (κ3) is 3.60. The lowest BCUT2D eigenvalue weighted by Crippen LogP contribution is -2.45. The van der Waals surface area contributed by atoms with Crippen LogP contribution in [0.25, 0.3) is 0 Å². The number of benzene rings is 1. The van der Waals surface area contributed by atoms with E-state index >= 15 is 0 Å². The van der Waals surface area contributed by atoms with Gasteiger partial charge in [-0.15, -0.1) is 0 Å². The molecule has 20 heavy (non-hydrogen) atoms. The number of carbonyl (C=O) groups excluding carboxylic acids is 1. The molecule has 1 aromatic rings. The Kier molecular flexibility index (Phi) is 4.48. The van der Waals surface area contributed by atoms with Crippen molar-refractivity contribution < 1.29 is 9.90 Å². The van der Waals surface area contributed by atoms with Crippen LogP contribution >= 0.6 is 0 Å². The van der Waals surface area contributed by atoms with Crippen molar-refractivity contribution >= 4 is 5.91 Å². The summed E-state index contributed by atoms with van der Waals surface area (Å²) < 4.78 is 0. The zero-order valence-electron chi connectivity index (χ0n) is 12.7. The quantitative estimate of drug-likeness (QED) is 0.891. The SMILES string of the molecule is Cc1ccc(C)c(C(=O)NCC2(O)CCC(C)CC2)c1. The fraction of sp³-hybridized carbons (Fsp3) is 0.588. The molecule has 0 spiro atoms. The lowest BCUT2D eigenvalue weighted by atomic mass is 9.79. The highest BCUT2D eigenvalue weighted by atomic mass is 16.3. The van der Waals surface area contributed by atoms with E-state index in [0.29, 0.717) is 18.0 Å². The van der Waals surface area contributed by atoms with Crippen LogP contribution in [0.4, 0.5) is 0 Å². The van der Waals surface area contributed by atoms with Crippen LogP contribution in [-0.4, -0.2) is 23.2 Å². The molecule has 0 unspecified atom stereocenters. The zero-order chi connectivity index (χ0) is 14.8. The predicted octanol–water partition coefficient (Wildman–Crippen LogP) is 2.97. The number of rotatable bonds is 3. The first kappa shape index (κ1) is 15.0. The van der Waals surface area contributed by atoms with E-state index in [2.05, 4.69) is 12.2 Å². The maximum atomic E-state index is 12.2. The molecule has 0 aromatic heterocycles. The number of aryl methyl sites for hydroxylation is 2. The Labute approximate surface area is 121 Å². The lowest BCUT2D eigenvalue weighted by molar-refractivity contribution is -0.00540. The molecule has 3 nitrogen and oxygen atoms in total. The fourth-order valence-electron chi connectivity index (χ4n) is 2.80. The molecular weight excluding hydrogens is 250 g/mol. The van der Waals surface area contributed by atoms with Crippen LogP contribution in [0, 0.1) is 19.8 Å². The summed E-state index contributed by atoms with van der Waals surface area (Å²) in [6.07, 6.45) is 3.63. The summed E-state index contributed by atoms with van der Waals surface area (Å²) in [5.41, 5.74) is 2.03. The molecule has 3 heteroatoms. The second kappa shape index (κ2) is 5.96. The molecule has 1 aromatic carbocycles. The van der Waals surface area contributed by atoms with E-state index in [1.54, 1.807) is 0 Å². The summed E-state index contributed by atoms with van der Waals surface area (Å²) in [6.45, 7) is 6.48. The molecule has 1 fully saturated rings. The summed E-state index contributed by atoms with van der Waals surface area (Å²) in [7, 11) is 0. The number of carbonyl (C=O) groups is 1. The Morgan fingerprint density at radius 3 is 2.65 bits per heavy atom. The molecule has 0 aliphatic heterocycles. The Morgan fingerprint density at radius 2 is 2.00 bits per heavy atom. The lowest BCUT2D eigenvalue weighted by Gasteiger charge is -2.35. The molecule has 2 rings (SSSR count). The molecule has 2 N–H and O–H groups in total. The van der Waals surface area contributed by atoms with E-state index in [-0.39, 0.29) is 5.91 Å². The monoisotopic (exact) mass is 275 g/mol. The van der Waals surface area contributed by atoms with Crippen molar-refractivity contribution in [1.29, 1.82) is 0 Å². The van der Waals surface area contributed by atoms with Gasteiger partial charge in [-0.2, -0.15) is 0 Å². The predicted molar refractivity (Wildman–Crippen MR) is 80.8 cm³/mol. The Hall–Kier alpha value is -1.35. The molecule has 1 aliphatic carbocycles. The summed E-state index contributed by atoms with van der Waals surface area (Å²) in [4.78, 5) is 12.2. The molecule has 0 radical (unpaired) electrons. The van der Waals surface area contributed by atoms with Crippen LogP contribution in [0.5, 0.6) is 0 Å². The van der Waals surface area contributed by atoms with E-state index in [9.17, 15) is 9.90 Å². The van der Waals surface area contributed by atoms with Gasteiger partial charge in [-0.25, -0.2) is 0 Å². The van der Waals surface area contributed by atoms with Crippen LogP contribution in [0.3, 0.4) is 0 Å². The van der Waals surface area contributed by atoms with E-state index in [4.69, 9.17) is 0 Å². The average Bonchev–Trinajstić information content (AvgIpc) is 2.43. The molecule has 1 amide bonds. The van der Waals surface area contributed by atoms with Crippen LogP contribution in [0.15, 0.2) is 18.2 Å². The van der Waals surface area contributed by atoms with Crippen molar-refractivity contribution in [3.63, 3.8) is 0 Å². The molecular formula is C17H25NO2. The van der Waals surface area contributed by atoms with Gasteiger partial charge in [-0.05, 0) is 57.1 Å². The molecule has 1 aliphatic rings. The zero-order valence-corrected chi connectivity index (χ0v) is 12.7. The smallest absolute Gasteiger partial charge is 0.251 e. The topological polar surface area (TPSA) is 49.3 Å². The summed E-state index contributed by atoms with van der Waals surface area (Å²) >= 11 is 0. The largest absolute Gasteiger partial charge is 0.388 e. The first-order valence-electron chi connectivity index (χ1n) is 7.47. The van der Waals surface area contributed by atoms with Crippen molar-refractivity contribution in [3.05, 3.63) is 34.9 Å². The number of hydrogen-bond donors (Lipinski definition) is 2. The minimum absolute atomic E-state index is 0.0850. The van der Waals surface area contributed by atoms with Crippen LogP contribution < -0.4 is 5.32 Å². The third-order valence-electron chi connectivity index (χ3n) is 4.42. The van der Waals surface area contributed by atoms with Gasteiger partial charge in [0.05, 0.1) is 5.60 Å². The molecule has 1 saturated carbocycles. The van der Waals surface area contributed by atoms with E-state index < -0.39 is 5.60 Å². The van der Waals surface area contributed by atoms with E-state index in [0.717, 1.165) is 36.8 Å². The highest BCUT2D eigenvalue weighted by Crippen LogP contribution is 2.31. The minimum atomic E-state index is -0.722. The Bertz CT molecular complexity index is 488. The van der Waals surface area contributed by atoms with Crippen LogP contribution in [-0.2, 0) is 0 Å². The van der Waals surface area contributed by atoms with Gasteiger partial charge >= 0.3 is 0 Å². The second-order valence-corrected chi connectivity index (χ2v) is 6.41. The van der Waals surface area contributed by atoms with Gasteiger partial charge in [0, 0.05) is 12.1 Å². The summed E-state index contributed by atoms with van der Waals surface area (Å²) in [5, 5.41) is 13.4. The van der Waals surface area contributed by atoms with Gasteiger partial charge in [0.2, 0.25) is 0 Å². The Balaban J connectivity index is 1.97.